The number of hydrogen-bond acceptors (Lipinski definition) is 6. The van der Waals surface area contributed by atoms with Gasteiger partial charge in [-0.05, 0) is 30.3 Å². The second-order valence-corrected chi connectivity index (χ2v) is 7.80. The molecular formula is C20H15ClF4N6O. The van der Waals surface area contributed by atoms with Gasteiger partial charge in [0.2, 0.25) is 5.95 Å². The molecule has 2 aliphatic heterocycles. The lowest BCUT2D eigenvalue weighted by Crippen LogP contribution is -2.34. The van der Waals surface area contributed by atoms with Gasteiger partial charge >= 0.3 is 12.2 Å². The molecule has 1 fully saturated rings. The van der Waals surface area contributed by atoms with Crippen LogP contribution in [0.2, 0.25) is 5.15 Å². The first-order valence-electron chi connectivity index (χ1n) is 9.52. The Morgan fingerprint density at radius 2 is 2.03 bits per heavy atom. The summed E-state index contributed by atoms with van der Waals surface area (Å²) in [6, 6.07) is 5.97. The molecule has 1 saturated heterocycles. The number of nitrogens with one attached hydrogen (secondary N) is 1. The summed E-state index contributed by atoms with van der Waals surface area (Å²) in [6.07, 6.45) is -1.07. The van der Waals surface area contributed by atoms with Crippen molar-refractivity contribution in [3.8, 4) is 11.8 Å². The molecule has 1 aromatic carbocycles. The molecular weight excluding hydrogens is 452 g/mol. The number of pyridine rings is 1. The minimum absolute atomic E-state index is 0.0279. The molecule has 3 aromatic rings. The van der Waals surface area contributed by atoms with Gasteiger partial charge in [0.1, 0.15) is 16.7 Å². The monoisotopic (exact) mass is 466 g/mol. The molecule has 0 spiro atoms. The van der Waals surface area contributed by atoms with E-state index in [0.29, 0.717) is 17.3 Å². The van der Waals surface area contributed by atoms with Gasteiger partial charge in [0.05, 0.1) is 11.6 Å². The van der Waals surface area contributed by atoms with Crippen LogP contribution < -0.4 is 15.0 Å². The van der Waals surface area contributed by atoms with Crippen LogP contribution in [0.5, 0.6) is 11.8 Å². The Morgan fingerprint density at radius 3 is 2.78 bits per heavy atom. The summed E-state index contributed by atoms with van der Waals surface area (Å²) in [7, 11) is 1.54. The molecule has 32 heavy (non-hydrogen) atoms. The Morgan fingerprint density at radius 1 is 1.22 bits per heavy atom. The van der Waals surface area contributed by atoms with Crippen molar-refractivity contribution in [3.05, 3.63) is 64.8 Å². The largest absolute Gasteiger partial charge is 0.424 e. The Kier molecular flexibility index (Phi) is 4.73. The zero-order chi connectivity index (χ0) is 22.6. The maximum absolute atomic E-state index is 13.5. The van der Waals surface area contributed by atoms with Crippen molar-refractivity contribution in [1.82, 2.24) is 19.7 Å². The molecule has 2 aromatic heterocycles. The van der Waals surface area contributed by atoms with Crippen molar-refractivity contribution in [2.45, 2.75) is 12.2 Å². The van der Waals surface area contributed by atoms with Gasteiger partial charge in [0.25, 0.3) is 0 Å². The van der Waals surface area contributed by atoms with E-state index < -0.39 is 17.6 Å². The predicted octanol–water partition coefficient (Wildman–Crippen LogP) is 4.63. The van der Waals surface area contributed by atoms with E-state index in [1.165, 1.54) is 4.68 Å². The van der Waals surface area contributed by atoms with E-state index in [1.54, 1.807) is 19.3 Å². The number of benzene rings is 1. The van der Waals surface area contributed by atoms with Crippen LogP contribution in [0.25, 0.3) is 0 Å². The minimum atomic E-state index is -4.84. The molecule has 2 unspecified atom stereocenters. The Bertz CT molecular complexity index is 1230. The third-order valence-corrected chi connectivity index (χ3v) is 5.53. The minimum Gasteiger partial charge on any atom is -0.424 e. The maximum Gasteiger partial charge on any atom is 0.419 e. The summed E-state index contributed by atoms with van der Waals surface area (Å²) in [4.78, 5) is 10.3. The molecule has 12 heteroatoms. The van der Waals surface area contributed by atoms with Gasteiger partial charge in [0, 0.05) is 37.1 Å². The lowest BCUT2D eigenvalue weighted by atomic mass is 9.91. The number of aromatic nitrogens is 4. The zero-order valence-corrected chi connectivity index (χ0v) is 17.2. The van der Waals surface area contributed by atoms with Crippen LogP contribution in [-0.4, -0.2) is 32.3 Å². The molecule has 2 atom stereocenters. The van der Waals surface area contributed by atoms with Crippen LogP contribution in [0.4, 0.5) is 29.2 Å². The van der Waals surface area contributed by atoms with Gasteiger partial charge in [-0.25, -0.2) is 14.1 Å². The van der Waals surface area contributed by atoms with Crippen LogP contribution >= 0.6 is 11.6 Å². The fourth-order valence-corrected chi connectivity index (χ4v) is 3.97. The number of aryl methyl sites for hydroxylation is 1. The molecule has 3 aliphatic rings. The van der Waals surface area contributed by atoms with Crippen LogP contribution in [-0.2, 0) is 13.2 Å². The predicted molar refractivity (Wildman–Crippen MR) is 108 cm³/mol. The highest BCUT2D eigenvalue weighted by Crippen LogP contribution is 2.43. The number of nitrogens with zero attached hydrogens (tertiary/aromatic N) is 5. The molecule has 0 saturated carbocycles. The number of fused-ring (bicyclic) bond motifs is 1. The molecule has 1 N–H and O–H groups in total. The highest BCUT2D eigenvalue weighted by atomic mass is 35.5. The molecule has 7 nitrogen and oxygen atoms in total. The lowest BCUT2D eigenvalue weighted by Gasteiger charge is -2.27. The summed E-state index contributed by atoms with van der Waals surface area (Å²) in [5.41, 5.74) is 0.558. The fourth-order valence-electron chi connectivity index (χ4n) is 3.80. The van der Waals surface area contributed by atoms with E-state index in [-0.39, 0.29) is 29.7 Å². The second kappa shape index (κ2) is 7.37. The summed E-state index contributed by atoms with van der Waals surface area (Å²) in [5, 5.41) is 7.85. The Hall–Kier alpha value is -3.34. The van der Waals surface area contributed by atoms with E-state index in [1.807, 2.05) is 6.07 Å². The van der Waals surface area contributed by atoms with Gasteiger partial charge < -0.3 is 15.0 Å². The highest BCUT2D eigenvalue weighted by molar-refractivity contribution is 6.29. The summed E-state index contributed by atoms with van der Waals surface area (Å²) in [5.74, 6) is -1.08. The second-order valence-electron chi connectivity index (χ2n) is 7.41. The number of ether oxygens (including phenoxy) is 1. The fraction of sp³-hybridized carbons (Fsp3) is 0.250. The van der Waals surface area contributed by atoms with Crippen LogP contribution in [0.3, 0.4) is 0 Å². The SMILES string of the molecule is Cn1nc(NC2C3=CC2CN3c2ccnc(Cl)c2)nc1Oc1ccc(F)c(C(F)(F)F)c1. The summed E-state index contributed by atoms with van der Waals surface area (Å²) in [6.45, 7) is 0.763. The first kappa shape index (κ1) is 20.6. The van der Waals surface area contributed by atoms with Gasteiger partial charge in [0.15, 0.2) is 0 Å². The molecule has 1 aliphatic carbocycles. The normalized spacial score (nSPS) is 19.6. The first-order valence-corrected chi connectivity index (χ1v) is 9.90. The van der Waals surface area contributed by atoms with Gasteiger partial charge in [-0.1, -0.05) is 17.7 Å². The van der Waals surface area contributed by atoms with E-state index in [9.17, 15) is 17.6 Å². The van der Waals surface area contributed by atoms with Crippen LogP contribution in [0, 0.1) is 11.7 Å². The summed E-state index contributed by atoms with van der Waals surface area (Å²) < 4.78 is 59.0. The van der Waals surface area contributed by atoms with Crippen molar-refractivity contribution in [3.63, 3.8) is 0 Å². The Balaban J connectivity index is 1.30. The molecule has 2 bridgehead atoms. The topological polar surface area (TPSA) is 68.1 Å². The number of anilines is 2. The zero-order valence-electron chi connectivity index (χ0n) is 16.4. The first-order chi connectivity index (χ1) is 15.2. The van der Waals surface area contributed by atoms with E-state index >= 15 is 0 Å². The van der Waals surface area contributed by atoms with E-state index in [0.717, 1.165) is 24.0 Å². The molecule has 0 radical (unpaired) electrons. The molecule has 166 valence electrons. The lowest BCUT2D eigenvalue weighted by molar-refractivity contribution is -0.140. The number of rotatable bonds is 5. The number of halogens is 5. The van der Waals surface area contributed by atoms with Crippen molar-refractivity contribution >= 4 is 23.2 Å². The maximum atomic E-state index is 13.5. The van der Waals surface area contributed by atoms with Crippen molar-refractivity contribution < 1.29 is 22.3 Å². The average molecular weight is 467 g/mol. The standard InChI is InChI=1S/C20H15ClF4N6O/c1-30-19(32-12-2-3-14(22)13(8-12)20(23,24)25)28-18(29-30)27-17-10-6-15(17)31(9-10)11-4-5-26-16(21)7-11/h2-8,10,17H,9H2,1H3,(H,27,29). The van der Waals surface area contributed by atoms with Gasteiger partial charge in [-0.15, -0.1) is 5.10 Å². The quantitative estimate of drug-likeness (QED) is 0.437. The number of alkyl halides is 3. The molecule has 4 heterocycles. The average Bonchev–Trinajstić information content (AvgIpc) is 3.41. The highest BCUT2D eigenvalue weighted by Gasteiger charge is 2.45. The third-order valence-electron chi connectivity index (χ3n) is 5.32. The molecule has 6 rings (SSSR count). The number of hydrogen-bond donors (Lipinski definition) is 1. The molecule has 0 amide bonds. The van der Waals surface area contributed by atoms with Gasteiger partial charge in [-0.3, -0.25) is 0 Å². The van der Waals surface area contributed by atoms with E-state index in [2.05, 4.69) is 31.4 Å². The van der Waals surface area contributed by atoms with Crippen molar-refractivity contribution in [2.75, 3.05) is 16.8 Å². The third kappa shape index (κ3) is 3.62. The smallest absolute Gasteiger partial charge is 0.419 e. The van der Waals surface area contributed by atoms with Gasteiger partial charge in [-0.2, -0.15) is 18.2 Å². The van der Waals surface area contributed by atoms with Crippen LogP contribution in [0.1, 0.15) is 5.56 Å². The van der Waals surface area contributed by atoms with E-state index in [4.69, 9.17) is 16.3 Å². The van der Waals surface area contributed by atoms with Crippen molar-refractivity contribution in [1.29, 1.82) is 0 Å². The van der Waals surface area contributed by atoms with Crippen molar-refractivity contribution in [2.24, 2.45) is 13.0 Å². The van der Waals surface area contributed by atoms with Crippen LogP contribution in [0.15, 0.2) is 48.3 Å². The summed E-state index contributed by atoms with van der Waals surface area (Å²) >= 11 is 5.99. The Labute approximate surface area is 184 Å².